The molecule has 11 heteroatoms. The average molecular weight is 646 g/mol. The fourth-order valence-corrected chi connectivity index (χ4v) is 7.68. The van der Waals surface area contributed by atoms with Crippen LogP contribution in [0, 0.1) is 12.3 Å². The maximum atomic E-state index is 14.0. The molecular weight excluding hydrogens is 602 g/mol. The average Bonchev–Trinajstić information content (AvgIpc) is 3.09. The second-order valence-electron chi connectivity index (χ2n) is 13.0. The van der Waals surface area contributed by atoms with Gasteiger partial charge >= 0.3 is 12.1 Å². The zero-order valence-corrected chi connectivity index (χ0v) is 27.1. The molecule has 10 nitrogen and oxygen atoms in total. The summed E-state index contributed by atoms with van der Waals surface area (Å²) >= 11 is 6.39. The van der Waals surface area contributed by atoms with Gasteiger partial charge in [-0.05, 0) is 80.9 Å². The normalized spacial score (nSPS) is 20.4. The molecule has 0 aromatic heterocycles. The third kappa shape index (κ3) is 7.06. The summed E-state index contributed by atoms with van der Waals surface area (Å²) in [7, 11) is 0. The van der Waals surface area contributed by atoms with E-state index in [9.17, 15) is 14.4 Å². The van der Waals surface area contributed by atoms with Crippen molar-refractivity contribution in [3.8, 4) is 12.3 Å². The van der Waals surface area contributed by atoms with Crippen LogP contribution >= 0.6 is 11.6 Å². The quantitative estimate of drug-likeness (QED) is 0.316. The van der Waals surface area contributed by atoms with Gasteiger partial charge in [-0.2, -0.15) is 0 Å². The fourth-order valence-electron chi connectivity index (χ4n) is 7.44. The molecule has 2 aromatic rings. The Kier molecular flexibility index (Phi) is 9.90. The first-order valence-corrected chi connectivity index (χ1v) is 17.0. The van der Waals surface area contributed by atoms with E-state index in [1.54, 1.807) is 17.0 Å². The summed E-state index contributed by atoms with van der Waals surface area (Å²) in [5.74, 6) is 2.48. The number of hydrogen-bond acceptors (Lipinski definition) is 5. The van der Waals surface area contributed by atoms with E-state index < -0.39 is 6.04 Å². The number of urea groups is 2. The first-order valence-electron chi connectivity index (χ1n) is 16.6. The van der Waals surface area contributed by atoms with E-state index in [0.717, 1.165) is 42.7 Å². The Morgan fingerprint density at radius 1 is 0.978 bits per heavy atom. The Balaban J connectivity index is 1.11. The summed E-state index contributed by atoms with van der Waals surface area (Å²) in [5, 5.41) is 6.38. The van der Waals surface area contributed by atoms with Gasteiger partial charge in [0.25, 0.3) is 0 Å². The maximum absolute atomic E-state index is 14.0. The number of amides is 5. The minimum atomic E-state index is -0.786. The number of carbonyl (C=O) groups is 3. The van der Waals surface area contributed by atoms with Crippen LogP contribution in [0.4, 0.5) is 21.0 Å². The molecule has 0 radical (unpaired) electrons. The van der Waals surface area contributed by atoms with Crippen LogP contribution in [0.15, 0.2) is 36.4 Å². The first kappa shape index (κ1) is 32.0. The number of para-hydroxylation sites is 1. The van der Waals surface area contributed by atoms with Gasteiger partial charge in [0.05, 0.1) is 10.7 Å². The predicted octanol–water partition coefficient (Wildman–Crippen LogP) is 4.51. The number of terminal acetylenes is 1. The molecule has 4 aliphatic heterocycles. The zero-order chi connectivity index (χ0) is 32.2. The standard InChI is InChI=1S/C35H44ClN7O3/c1-2-25-20-24(21-29(36)32(25)37)22-31(33(44)41-16-10-27(11-17-41)40-14-6-3-7-15-40)39-34(45)42-18-12-28(13-19-42)43-23-26-8-4-5-9-30(26)38-35(43)46/h1,4-5,8-9,20-21,27-28,31H,3,6-7,10-19,22-23,37H2,(H,38,46)(H,39,45)/t31-/m1/s1. The molecule has 2 aromatic carbocycles. The van der Waals surface area contributed by atoms with Gasteiger partial charge in [0, 0.05) is 62.5 Å². The molecule has 244 valence electrons. The number of benzene rings is 2. The number of fused-ring (bicyclic) bond motifs is 1. The van der Waals surface area contributed by atoms with Gasteiger partial charge in [0.1, 0.15) is 6.04 Å². The Morgan fingerprint density at radius 2 is 1.65 bits per heavy atom. The molecule has 4 heterocycles. The number of rotatable bonds is 6. The summed E-state index contributed by atoms with van der Waals surface area (Å²) in [6.07, 6.45) is 12.9. The van der Waals surface area contributed by atoms with Crippen molar-refractivity contribution in [2.75, 3.05) is 50.3 Å². The number of hydrogen-bond donors (Lipinski definition) is 3. The summed E-state index contributed by atoms with van der Waals surface area (Å²) in [6, 6.07) is 10.7. The lowest BCUT2D eigenvalue weighted by atomic mass is 9.97. The second kappa shape index (κ2) is 14.2. The van der Waals surface area contributed by atoms with E-state index in [4.69, 9.17) is 23.8 Å². The Labute approximate surface area is 276 Å². The largest absolute Gasteiger partial charge is 0.397 e. The molecule has 3 fully saturated rings. The minimum Gasteiger partial charge on any atom is -0.397 e. The molecule has 0 bridgehead atoms. The van der Waals surface area contributed by atoms with Crippen LogP contribution in [0.5, 0.6) is 0 Å². The Hall–Kier alpha value is -3.94. The van der Waals surface area contributed by atoms with Crippen molar-refractivity contribution in [3.05, 3.63) is 58.1 Å². The summed E-state index contributed by atoms with van der Waals surface area (Å²) < 4.78 is 0. The fraction of sp³-hybridized carbons (Fsp3) is 0.514. The lowest BCUT2D eigenvalue weighted by Crippen LogP contribution is -2.57. The second-order valence-corrected chi connectivity index (χ2v) is 13.4. The van der Waals surface area contributed by atoms with Crippen molar-refractivity contribution >= 4 is 40.9 Å². The smallest absolute Gasteiger partial charge is 0.322 e. The molecule has 1 atom stereocenters. The van der Waals surface area contributed by atoms with Crippen LogP contribution in [0.3, 0.4) is 0 Å². The zero-order valence-electron chi connectivity index (χ0n) is 26.3. The summed E-state index contributed by atoms with van der Waals surface area (Å²) in [4.78, 5) is 48.7. The van der Waals surface area contributed by atoms with E-state index in [1.807, 2.05) is 34.1 Å². The number of nitrogen functional groups attached to an aromatic ring is 1. The van der Waals surface area contributed by atoms with Crippen LogP contribution in [-0.4, -0.2) is 95.0 Å². The number of nitrogens with two attached hydrogens (primary N) is 1. The monoisotopic (exact) mass is 645 g/mol. The highest BCUT2D eigenvalue weighted by atomic mass is 35.5. The van der Waals surface area contributed by atoms with Crippen LogP contribution in [0.25, 0.3) is 0 Å². The van der Waals surface area contributed by atoms with E-state index >= 15 is 0 Å². The number of piperidine rings is 3. The van der Waals surface area contributed by atoms with E-state index in [1.165, 1.54) is 19.3 Å². The molecule has 0 unspecified atom stereocenters. The molecule has 4 N–H and O–H groups in total. The number of carbonyl (C=O) groups excluding carboxylic acids is 3. The van der Waals surface area contributed by atoms with Crippen molar-refractivity contribution < 1.29 is 14.4 Å². The van der Waals surface area contributed by atoms with E-state index in [-0.39, 0.29) is 30.4 Å². The number of anilines is 2. The minimum absolute atomic E-state index is 0.0233. The van der Waals surface area contributed by atoms with Crippen LogP contribution in [0.1, 0.15) is 61.6 Å². The Bertz CT molecular complexity index is 1490. The highest BCUT2D eigenvalue weighted by Gasteiger charge is 2.35. The molecule has 5 amide bonds. The summed E-state index contributed by atoms with van der Waals surface area (Å²) in [5.41, 5.74) is 9.53. The van der Waals surface area contributed by atoms with Crippen molar-refractivity contribution in [1.29, 1.82) is 0 Å². The number of likely N-dealkylation sites (tertiary alicyclic amines) is 3. The van der Waals surface area contributed by atoms with E-state index in [2.05, 4.69) is 21.5 Å². The van der Waals surface area contributed by atoms with Crippen molar-refractivity contribution in [2.45, 2.75) is 76.0 Å². The van der Waals surface area contributed by atoms with E-state index in [0.29, 0.717) is 67.9 Å². The SMILES string of the molecule is C#Cc1cc(C[C@@H](NC(=O)N2CCC(N3Cc4ccccc4NC3=O)CC2)C(=O)N2CCC(N3CCCCC3)CC2)cc(Cl)c1N. The van der Waals surface area contributed by atoms with Crippen LogP contribution in [0.2, 0.25) is 5.02 Å². The van der Waals surface area contributed by atoms with Gasteiger partial charge in [0.15, 0.2) is 0 Å². The van der Waals surface area contributed by atoms with Gasteiger partial charge in [-0.25, -0.2) is 9.59 Å². The summed E-state index contributed by atoms with van der Waals surface area (Å²) in [6.45, 7) is 5.12. The molecule has 4 aliphatic rings. The van der Waals surface area contributed by atoms with Crippen LogP contribution < -0.4 is 16.4 Å². The van der Waals surface area contributed by atoms with Gasteiger partial charge in [0.2, 0.25) is 5.91 Å². The molecule has 0 saturated carbocycles. The van der Waals surface area contributed by atoms with Crippen molar-refractivity contribution in [2.24, 2.45) is 0 Å². The van der Waals surface area contributed by atoms with Crippen molar-refractivity contribution in [3.63, 3.8) is 0 Å². The van der Waals surface area contributed by atoms with Gasteiger partial charge < -0.3 is 36.0 Å². The van der Waals surface area contributed by atoms with Gasteiger partial charge in [-0.15, -0.1) is 6.42 Å². The maximum Gasteiger partial charge on any atom is 0.322 e. The third-order valence-electron chi connectivity index (χ3n) is 10.1. The van der Waals surface area contributed by atoms with Gasteiger partial charge in [-0.3, -0.25) is 4.79 Å². The molecule has 0 aliphatic carbocycles. The topological polar surface area (TPSA) is 114 Å². The Morgan fingerprint density at radius 3 is 2.37 bits per heavy atom. The molecule has 6 rings (SSSR count). The van der Waals surface area contributed by atoms with Crippen LogP contribution in [-0.2, 0) is 17.8 Å². The molecular formula is C35H44ClN7O3. The lowest BCUT2D eigenvalue weighted by molar-refractivity contribution is -0.134. The highest BCUT2D eigenvalue weighted by Crippen LogP contribution is 2.29. The number of nitrogens with one attached hydrogen (secondary N) is 2. The lowest BCUT2D eigenvalue weighted by Gasteiger charge is -2.42. The van der Waals surface area contributed by atoms with Crippen molar-refractivity contribution in [1.82, 2.24) is 24.9 Å². The number of nitrogens with zero attached hydrogens (tertiary/aromatic N) is 4. The highest BCUT2D eigenvalue weighted by molar-refractivity contribution is 6.33. The van der Waals surface area contributed by atoms with Gasteiger partial charge in [-0.1, -0.05) is 42.1 Å². The molecule has 46 heavy (non-hydrogen) atoms. The first-order chi connectivity index (χ1) is 22.3. The molecule has 3 saturated heterocycles. The third-order valence-corrected chi connectivity index (χ3v) is 10.4. The molecule has 0 spiro atoms. The number of halogens is 1. The predicted molar refractivity (Wildman–Crippen MR) is 180 cm³/mol.